The van der Waals surface area contributed by atoms with E-state index in [4.69, 9.17) is 9.98 Å². The van der Waals surface area contributed by atoms with E-state index in [-0.39, 0.29) is 23.8 Å². The summed E-state index contributed by atoms with van der Waals surface area (Å²) in [6, 6.07) is 4.70. The number of halogens is 1. The van der Waals surface area contributed by atoms with E-state index in [1.54, 1.807) is 19.1 Å². The van der Waals surface area contributed by atoms with Crippen molar-refractivity contribution in [2.45, 2.75) is 11.8 Å². The number of benzene rings is 1. The van der Waals surface area contributed by atoms with Crippen molar-refractivity contribution >= 4 is 44.3 Å². The Bertz CT molecular complexity index is 561. The van der Waals surface area contributed by atoms with Gasteiger partial charge in [-0.2, -0.15) is 0 Å². The molecule has 0 fully saturated rings. The van der Waals surface area contributed by atoms with Crippen molar-refractivity contribution in [3.63, 3.8) is 0 Å². The molecule has 19 heavy (non-hydrogen) atoms. The van der Waals surface area contributed by atoms with Gasteiger partial charge in [0.2, 0.25) is 10.0 Å². The van der Waals surface area contributed by atoms with E-state index < -0.39 is 16.0 Å². The van der Waals surface area contributed by atoms with E-state index in [0.717, 1.165) is 0 Å². The Morgan fingerprint density at radius 2 is 2.16 bits per heavy atom. The topological polar surface area (TPSA) is 108 Å². The highest BCUT2D eigenvalue weighted by Gasteiger charge is 2.18. The minimum Gasteiger partial charge on any atom is -0.464 e. The Hall–Kier alpha value is -0.910. The molecule has 0 aromatic heterocycles. The van der Waals surface area contributed by atoms with E-state index in [2.05, 4.69) is 10.2 Å². The molecule has 0 spiro atoms. The lowest BCUT2D eigenvalue weighted by Crippen LogP contribution is -2.19. The first-order valence-corrected chi connectivity index (χ1v) is 7.83. The molecule has 1 aromatic rings. The average Bonchev–Trinajstić information content (AvgIpc) is 2.27. The number of primary sulfonamides is 1. The maximum Gasteiger partial charge on any atom is 0.334 e. The fourth-order valence-electron chi connectivity index (χ4n) is 1.25. The van der Waals surface area contributed by atoms with Gasteiger partial charge in [-0.25, -0.2) is 18.4 Å². The molecule has 0 saturated heterocycles. The third kappa shape index (κ3) is 4.93. The number of carbonyl (C=O) groups excluding carboxylic acids is 1. The van der Waals surface area contributed by atoms with Crippen LogP contribution in [0.4, 0.5) is 5.69 Å². The Labute approximate surface area is 124 Å². The average molecular weight is 400 g/mol. The van der Waals surface area contributed by atoms with Crippen LogP contribution < -0.4 is 10.6 Å². The number of hydrogen-bond acceptors (Lipinski definition) is 6. The van der Waals surface area contributed by atoms with Crippen LogP contribution in [0.25, 0.3) is 0 Å². The van der Waals surface area contributed by atoms with Gasteiger partial charge in [0.15, 0.2) is 6.61 Å². The lowest BCUT2D eigenvalue weighted by Gasteiger charge is -2.11. The summed E-state index contributed by atoms with van der Waals surface area (Å²) in [7, 11) is -3.89. The molecule has 0 saturated carbocycles. The molecular weight excluding hydrogens is 387 g/mol. The molecule has 0 aliphatic carbocycles. The molecule has 0 atom stereocenters. The van der Waals surface area contributed by atoms with Crippen molar-refractivity contribution < 1.29 is 22.8 Å². The van der Waals surface area contributed by atoms with Gasteiger partial charge in [0.05, 0.1) is 12.3 Å². The number of nitrogens with two attached hydrogens (primary N) is 1. The normalized spacial score (nSPS) is 11.1. The quantitative estimate of drug-likeness (QED) is 0.417. The lowest BCUT2D eigenvalue weighted by atomic mass is 10.3. The number of nitrogens with one attached hydrogen (secondary N) is 1. The summed E-state index contributed by atoms with van der Waals surface area (Å²) in [6.07, 6.45) is 0. The zero-order valence-corrected chi connectivity index (χ0v) is 13.0. The Morgan fingerprint density at radius 3 is 2.74 bits per heavy atom. The van der Waals surface area contributed by atoms with E-state index in [0.29, 0.717) is 3.57 Å². The monoisotopic (exact) mass is 400 g/mol. The zero-order chi connectivity index (χ0) is 14.5. The molecule has 0 unspecified atom stereocenters. The minimum absolute atomic E-state index is 0.0838. The van der Waals surface area contributed by atoms with Crippen molar-refractivity contribution in [1.82, 2.24) is 0 Å². The molecule has 0 aliphatic heterocycles. The van der Waals surface area contributed by atoms with Gasteiger partial charge in [0, 0.05) is 3.57 Å². The molecule has 0 aliphatic rings. The fourth-order valence-corrected chi connectivity index (χ4v) is 3.43. The summed E-state index contributed by atoms with van der Waals surface area (Å²) >= 11 is 1.84. The highest BCUT2D eigenvalue weighted by Crippen LogP contribution is 2.25. The van der Waals surface area contributed by atoms with Crippen LogP contribution in [0.5, 0.6) is 0 Å². The summed E-state index contributed by atoms with van der Waals surface area (Å²) in [4.78, 5) is 15.8. The molecule has 3 N–H and O–H groups in total. The molecule has 1 aromatic carbocycles. The minimum atomic E-state index is -3.89. The third-order valence-electron chi connectivity index (χ3n) is 1.93. The molecule has 106 valence electrons. The Morgan fingerprint density at radius 1 is 1.47 bits per heavy atom. The van der Waals surface area contributed by atoms with Crippen LogP contribution >= 0.6 is 22.6 Å². The Kier molecular flexibility index (Phi) is 5.97. The first-order valence-electron chi connectivity index (χ1n) is 5.21. The van der Waals surface area contributed by atoms with Gasteiger partial charge in [-0.15, -0.1) is 0 Å². The SMILES string of the molecule is CCOC(=O)CONc1cccc(I)c1S(N)(=O)=O. The second kappa shape index (κ2) is 7.03. The number of rotatable bonds is 6. The van der Waals surface area contributed by atoms with Crippen LogP contribution in [0.2, 0.25) is 0 Å². The number of ether oxygens (including phenoxy) is 1. The molecule has 1 rings (SSSR count). The van der Waals surface area contributed by atoms with Crippen molar-refractivity contribution in [2.24, 2.45) is 5.14 Å². The van der Waals surface area contributed by atoms with E-state index in [1.807, 2.05) is 22.6 Å². The molecular formula is C10H13IN2O5S. The third-order valence-corrected chi connectivity index (χ3v) is 4.20. The van der Waals surface area contributed by atoms with Gasteiger partial charge in [-0.3, -0.25) is 10.3 Å². The smallest absolute Gasteiger partial charge is 0.334 e. The second-order valence-electron chi connectivity index (χ2n) is 3.36. The van der Waals surface area contributed by atoms with Gasteiger partial charge in [-0.05, 0) is 41.6 Å². The zero-order valence-electron chi connectivity index (χ0n) is 10.1. The van der Waals surface area contributed by atoms with Crippen LogP contribution in [0.3, 0.4) is 0 Å². The molecule has 7 nitrogen and oxygen atoms in total. The summed E-state index contributed by atoms with van der Waals surface area (Å²) in [6.45, 7) is 1.57. The maximum atomic E-state index is 11.5. The first-order chi connectivity index (χ1) is 8.86. The molecule has 0 bridgehead atoms. The van der Waals surface area contributed by atoms with Crippen molar-refractivity contribution in [1.29, 1.82) is 0 Å². The van der Waals surface area contributed by atoms with Gasteiger partial charge in [0.1, 0.15) is 4.90 Å². The highest BCUT2D eigenvalue weighted by atomic mass is 127. The predicted molar refractivity (Wildman–Crippen MR) is 76.7 cm³/mol. The van der Waals surface area contributed by atoms with Gasteiger partial charge in [-0.1, -0.05) is 6.07 Å². The molecule has 9 heteroatoms. The van der Waals surface area contributed by atoms with E-state index in [1.165, 1.54) is 6.07 Å². The van der Waals surface area contributed by atoms with Crippen LogP contribution in [0.15, 0.2) is 23.1 Å². The summed E-state index contributed by atoms with van der Waals surface area (Å²) < 4.78 is 28.0. The number of anilines is 1. The van der Waals surface area contributed by atoms with Crippen molar-refractivity contribution in [3.05, 3.63) is 21.8 Å². The molecule has 0 radical (unpaired) electrons. The first kappa shape index (κ1) is 16.1. The lowest BCUT2D eigenvalue weighted by molar-refractivity contribution is -0.147. The number of hydrogen-bond donors (Lipinski definition) is 2. The highest BCUT2D eigenvalue weighted by molar-refractivity contribution is 14.1. The largest absolute Gasteiger partial charge is 0.464 e. The molecule has 0 heterocycles. The van der Waals surface area contributed by atoms with E-state index >= 15 is 0 Å². The Balaban J connectivity index is 2.80. The van der Waals surface area contributed by atoms with Crippen LogP contribution in [-0.4, -0.2) is 27.6 Å². The number of sulfonamides is 1. The van der Waals surface area contributed by atoms with Crippen LogP contribution in [0.1, 0.15) is 6.92 Å². The summed E-state index contributed by atoms with van der Waals surface area (Å²) in [5.74, 6) is -0.558. The standard InChI is InChI=1S/C10H13IN2O5S/c1-2-17-9(14)6-18-13-8-5-3-4-7(11)10(8)19(12,15)16/h3-5,13H,2,6H2,1H3,(H2,12,15,16). The van der Waals surface area contributed by atoms with Crippen LogP contribution in [0, 0.1) is 3.57 Å². The van der Waals surface area contributed by atoms with Gasteiger partial charge < -0.3 is 4.74 Å². The maximum absolute atomic E-state index is 11.5. The number of esters is 1. The molecule has 0 amide bonds. The van der Waals surface area contributed by atoms with Crippen molar-refractivity contribution in [2.75, 3.05) is 18.7 Å². The number of carbonyl (C=O) groups is 1. The van der Waals surface area contributed by atoms with Crippen LogP contribution in [-0.2, 0) is 24.4 Å². The summed E-state index contributed by atoms with van der Waals surface area (Å²) in [5, 5.41) is 5.12. The van der Waals surface area contributed by atoms with E-state index in [9.17, 15) is 13.2 Å². The van der Waals surface area contributed by atoms with Gasteiger partial charge >= 0.3 is 5.97 Å². The second-order valence-corrected chi connectivity index (χ2v) is 6.02. The van der Waals surface area contributed by atoms with Crippen molar-refractivity contribution in [3.8, 4) is 0 Å². The predicted octanol–water partition coefficient (Wildman–Crippen LogP) is 0.845. The summed E-state index contributed by atoms with van der Waals surface area (Å²) in [5.41, 5.74) is 2.55. The van der Waals surface area contributed by atoms with Gasteiger partial charge in [0.25, 0.3) is 0 Å². The fraction of sp³-hybridized carbons (Fsp3) is 0.300.